The first-order chi connectivity index (χ1) is 12.4. The van der Waals surface area contributed by atoms with Crippen molar-refractivity contribution in [1.82, 2.24) is 0 Å². The Morgan fingerprint density at radius 1 is 1.31 bits per heavy atom. The van der Waals surface area contributed by atoms with Crippen molar-refractivity contribution < 1.29 is 18.7 Å². The lowest BCUT2D eigenvalue weighted by atomic mass is 9.88. The number of hydrogen-bond acceptors (Lipinski definition) is 4. The summed E-state index contributed by atoms with van der Waals surface area (Å²) in [5, 5.41) is 3.18. The Morgan fingerprint density at radius 3 is 2.73 bits per heavy atom. The van der Waals surface area contributed by atoms with Crippen LogP contribution in [0.3, 0.4) is 0 Å². The van der Waals surface area contributed by atoms with Crippen LogP contribution in [-0.4, -0.2) is 18.0 Å². The highest BCUT2D eigenvalue weighted by molar-refractivity contribution is 7.17. The van der Waals surface area contributed by atoms with Crippen molar-refractivity contribution >= 4 is 28.2 Å². The van der Waals surface area contributed by atoms with Gasteiger partial charge in [0.1, 0.15) is 10.8 Å². The molecule has 0 aliphatic heterocycles. The molecule has 26 heavy (non-hydrogen) atoms. The number of esters is 1. The van der Waals surface area contributed by atoms with Crippen molar-refractivity contribution in [3.05, 3.63) is 51.7 Å². The normalized spacial score (nSPS) is 16.3. The number of benzene rings is 1. The summed E-state index contributed by atoms with van der Waals surface area (Å²) in [5.74, 6) is -1.05. The van der Waals surface area contributed by atoms with Gasteiger partial charge >= 0.3 is 5.97 Å². The molecule has 4 nitrogen and oxygen atoms in total. The summed E-state index contributed by atoms with van der Waals surface area (Å²) < 4.78 is 19.3. The third-order valence-electron chi connectivity index (χ3n) is 4.40. The molecule has 1 aromatic carbocycles. The first kappa shape index (κ1) is 18.6. The highest BCUT2D eigenvalue weighted by Crippen LogP contribution is 2.40. The number of fused-ring (bicyclic) bond motifs is 1. The molecular formula is C20H22FNO3S. The van der Waals surface area contributed by atoms with Crippen LogP contribution in [0.1, 0.15) is 58.3 Å². The minimum atomic E-state index is -0.591. The van der Waals surface area contributed by atoms with Crippen LogP contribution in [0.25, 0.3) is 0 Å². The van der Waals surface area contributed by atoms with E-state index >= 15 is 0 Å². The SMILES string of the molecule is CC1CCc2c(sc(NC(=O)c3ccccc3F)c2C(=O)OC(C)C)C1. The van der Waals surface area contributed by atoms with Gasteiger partial charge in [-0.2, -0.15) is 0 Å². The van der Waals surface area contributed by atoms with Gasteiger partial charge in [-0.1, -0.05) is 19.1 Å². The van der Waals surface area contributed by atoms with E-state index in [2.05, 4.69) is 12.2 Å². The van der Waals surface area contributed by atoms with Gasteiger partial charge in [-0.05, 0) is 56.7 Å². The molecule has 0 bridgehead atoms. The van der Waals surface area contributed by atoms with Crippen LogP contribution in [0.2, 0.25) is 0 Å². The predicted octanol–water partition coefficient (Wildman–Crippen LogP) is 4.83. The molecule has 0 radical (unpaired) electrons. The molecule has 0 saturated carbocycles. The van der Waals surface area contributed by atoms with Gasteiger partial charge in [-0.15, -0.1) is 11.3 Å². The highest BCUT2D eigenvalue weighted by atomic mass is 32.1. The number of carbonyl (C=O) groups excluding carboxylic acids is 2. The van der Waals surface area contributed by atoms with E-state index in [-0.39, 0.29) is 11.7 Å². The van der Waals surface area contributed by atoms with Gasteiger partial charge in [0.15, 0.2) is 0 Å². The monoisotopic (exact) mass is 375 g/mol. The van der Waals surface area contributed by atoms with Crippen LogP contribution in [-0.2, 0) is 17.6 Å². The first-order valence-electron chi connectivity index (χ1n) is 8.78. The molecule has 1 aliphatic carbocycles. The molecule has 2 aromatic rings. The molecule has 0 spiro atoms. The fourth-order valence-corrected chi connectivity index (χ4v) is 4.54. The molecule has 0 saturated heterocycles. The Labute approximate surface area is 156 Å². The Morgan fingerprint density at radius 2 is 2.04 bits per heavy atom. The minimum absolute atomic E-state index is 0.0459. The summed E-state index contributed by atoms with van der Waals surface area (Å²) in [5.41, 5.74) is 1.34. The van der Waals surface area contributed by atoms with Crippen LogP contribution in [0, 0.1) is 11.7 Å². The van der Waals surface area contributed by atoms with E-state index in [1.807, 2.05) is 0 Å². The largest absolute Gasteiger partial charge is 0.459 e. The van der Waals surface area contributed by atoms with Crippen molar-refractivity contribution in [3.8, 4) is 0 Å². The van der Waals surface area contributed by atoms with Gasteiger partial charge in [-0.25, -0.2) is 9.18 Å². The molecule has 1 unspecified atom stereocenters. The predicted molar refractivity (Wildman–Crippen MR) is 100 cm³/mol. The Balaban J connectivity index is 1.96. The van der Waals surface area contributed by atoms with E-state index < -0.39 is 17.7 Å². The second-order valence-electron chi connectivity index (χ2n) is 6.94. The Hall–Kier alpha value is -2.21. The number of anilines is 1. The van der Waals surface area contributed by atoms with Crippen molar-refractivity contribution in [3.63, 3.8) is 0 Å². The summed E-state index contributed by atoms with van der Waals surface area (Å²) in [6.45, 7) is 5.75. The zero-order valence-corrected chi connectivity index (χ0v) is 15.9. The molecule has 1 N–H and O–H groups in total. The lowest BCUT2D eigenvalue weighted by Gasteiger charge is -2.18. The van der Waals surface area contributed by atoms with Gasteiger partial charge in [0.2, 0.25) is 0 Å². The van der Waals surface area contributed by atoms with Gasteiger partial charge in [0.25, 0.3) is 5.91 Å². The maximum atomic E-state index is 13.9. The summed E-state index contributed by atoms with van der Waals surface area (Å²) in [4.78, 5) is 26.2. The van der Waals surface area contributed by atoms with E-state index in [0.717, 1.165) is 29.7 Å². The Bertz CT molecular complexity index is 844. The molecule has 0 fully saturated rings. The second kappa shape index (κ2) is 7.58. The fourth-order valence-electron chi connectivity index (χ4n) is 3.14. The molecular weight excluding hydrogens is 353 g/mol. The Kier molecular flexibility index (Phi) is 5.41. The molecule has 1 aromatic heterocycles. The van der Waals surface area contributed by atoms with Gasteiger partial charge in [0, 0.05) is 4.88 Å². The molecule has 1 amide bonds. The number of rotatable bonds is 4. The average Bonchev–Trinajstić information content (AvgIpc) is 2.91. The van der Waals surface area contributed by atoms with Crippen LogP contribution in [0.15, 0.2) is 24.3 Å². The van der Waals surface area contributed by atoms with E-state index in [1.165, 1.54) is 29.5 Å². The van der Waals surface area contributed by atoms with E-state index in [9.17, 15) is 14.0 Å². The average molecular weight is 375 g/mol. The van der Waals surface area contributed by atoms with Crippen LogP contribution in [0.4, 0.5) is 9.39 Å². The van der Waals surface area contributed by atoms with E-state index in [1.54, 1.807) is 19.9 Å². The number of halogens is 1. The number of thiophene rings is 1. The van der Waals surface area contributed by atoms with Crippen LogP contribution < -0.4 is 5.32 Å². The molecule has 1 heterocycles. The molecule has 3 rings (SSSR count). The van der Waals surface area contributed by atoms with Crippen molar-refractivity contribution in [2.75, 3.05) is 5.32 Å². The first-order valence-corrected chi connectivity index (χ1v) is 9.59. The van der Waals surface area contributed by atoms with Crippen LogP contribution in [0.5, 0.6) is 0 Å². The third kappa shape index (κ3) is 3.80. The number of amides is 1. The highest BCUT2D eigenvalue weighted by Gasteiger charge is 2.30. The topological polar surface area (TPSA) is 55.4 Å². The number of nitrogens with one attached hydrogen (secondary N) is 1. The molecule has 1 aliphatic rings. The quantitative estimate of drug-likeness (QED) is 0.779. The standard InChI is InChI=1S/C20H22FNO3S/c1-11(2)25-20(24)17-14-9-8-12(3)10-16(14)26-19(17)22-18(23)13-6-4-5-7-15(13)21/h4-7,11-12H,8-10H2,1-3H3,(H,22,23). The third-order valence-corrected chi connectivity index (χ3v) is 5.57. The lowest BCUT2D eigenvalue weighted by molar-refractivity contribution is 0.0378. The van der Waals surface area contributed by atoms with E-state index in [4.69, 9.17) is 4.74 Å². The fraction of sp³-hybridized carbons (Fsp3) is 0.400. The van der Waals surface area contributed by atoms with E-state index in [0.29, 0.717) is 16.5 Å². The maximum Gasteiger partial charge on any atom is 0.341 e. The second-order valence-corrected chi connectivity index (χ2v) is 8.05. The zero-order valence-electron chi connectivity index (χ0n) is 15.1. The number of hydrogen-bond donors (Lipinski definition) is 1. The smallest absolute Gasteiger partial charge is 0.341 e. The number of carbonyl (C=O) groups is 2. The molecule has 6 heteroatoms. The van der Waals surface area contributed by atoms with Crippen molar-refractivity contribution in [2.24, 2.45) is 5.92 Å². The lowest BCUT2D eigenvalue weighted by Crippen LogP contribution is -2.19. The number of ether oxygens (including phenoxy) is 1. The van der Waals surface area contributed by atoms with Gasteiger partial charge < -0.3 is 10.1 Å². The van der Waals surface area contributed by atoms with Gasteiger partial charge in [0.05, 0.1) is 17.2 Å². The summed E-state index contributed by atoms with van der Waals surface area (Å²) >= 11 is 1.39. The molecule has 1 atom stereocenters. The van der Waals surface area contributed by atoms with Crippen LogP contribution >= 0.6 is 11.3 Å². The molecule has 138 valence electrons. The summed E-state index contributed by atoms with van der Waals surface area (Å²) in [7, 11) is 0. The van der Waals surface area contributed by atoms with Crippen molar-refractivity contribution in [2.45, 2.75) is 46.1 Å². The minimum Gasteiger partial charge on any atom is -0.459 e. The summed E-state index contributed by atoms with van der Waals surface area (Å²) in [6.07, 6.45) is 2.39. The zero-order chi connectivity index (χ0) is 18.8. The maximum absolute atomic E-state index is 13.9. The summed E-state index contributed by atoms with van der Waals surface area (Å²) in [6, 6.07) is 5.80. The van der Waals surface area contributed by atoms with Gasteiger partial charge in [-0.3, -0.25) is 4.79 Å². The van der Waals surface area contributed by atoms with Crippen molar-refractivity contribution in [1.29, 1.82) is 0 Å².